The highest BCUT2D eigenvalue weighted by Crippen LogP contribution is 2.24. The average Bonchev–Trinajstić information content (AvgIpc) is 2.98. The van der Waals surface area contributed by atoms with Crippen molar-refractivity contribution in [1.29, 1.82) is 0 Å². The lowest BCUT2D eigenvalue weighted by Gasteiger charge is -2.18. The van der Waals surface area contributed by atoms with Crippen LogP contribution in [0.1, 0.15) is 37.3 Å². The van der Waals surface area contributed by atoms with Gasteiger partial charge in [-0.05, 0) is 45.7 Å². The second-order valence-electron chi connectivity index (χ2n) is 6.28. The summed E-state index contributed by atoms with van der Waals surface area (Å²) in [6.45, 7) is 10.1. The first-order valence-corrected chi connectivity index (χ1v) is 9.78. The van der Waals surface area contributed by atoms with Gasteiger partial charge in [-0.1, -0.05) is 35.8 Å². The van der Waals surface area contributed by atoms with Gasteiger partial charge in [-0.25, -0.2) is 4.99 Å². The fraction of sp³-hybridized carbons (Fsp3) is 0.500. The summed E-state index contributed by atoms with van der Waals surface area (Å²) in [6, 6.07) is 7.51. The lowest BCUT2D eigenvalue weighted by molar-refractivity contribution is 0.206. The molecular weight excluding hydrogens is 364 g/mol. The van der Waals surface area contributed by atoms with Crippen molar-refractivity contribution >= 4 is 17.6 Å². The maximum Gasteiger partial charge on any atom is 0.191 e. The summed E-state index contributed by atoms with van der Waals surface area (Å²) in [4.78, 5) is 4.66. The van der Waals surface area contributed by atoms with E-state index >= 15 is 0 Å². The summed E-state index contributed by atoms with van der Waals surface area (Å²) in [5.74, 6) is 2.33. The van der Waals surface area contributed by atoms with E-state index in [1.807, 2.05) is 45.0 Å². The highest BCUT2D eigenvalue weighted by atomic mass is 35.5. The van der Waals surface area contributed by atoms with Crippen LogP contribution in [0.3, 0.4) is 0 Å². The summed E-state index contributed by atoms with van der Waals surface area (Å²) in [5.41, 5.74) is 2.09. The van der Waals surface area contributed by atoms with Crippen LogP contribution in [0.25, 0.3) is 0 Å². The Kier molecular flexibility index (Phi) is 8.45. The zero-order valence-electron chi connectivity index (χ0n) is 16.5. The molecular formula is C20H29ClN4O2. The van der Waals surface area contributed by atoms with Gasteiger partial charge in [0, 0.05) is 18.7 Å². The Bertz CT molecular complexity index is 726. The fourth-order valence-electron chi connectivity index (χ4n) is 2.67. The number of nitrogens with one attached hydrogen (secondary N) is 2. The Balaban J connectivity index is 1.91. The monoisotopic (exact) mass is 392 g/mol. The predicted octanol–water partition coefficient (Wildman–Crippen LogP) is 3.90. The Morgan fingerprint density at radius 2 is 2.04 bits per heavy atom. The lowest BCUT2D eigenvalue weighted by Crippen LogP contribution is -2.39. The quantitative estimate of drug-likeness (QED) is 0.500. The number of benzene rings is 1. The van der Waals surface area contributed by atoms with Gasteiger partial charge in [0.1, 0.15) is 17.6 Å². The van der Waals surface area contributed by atoms with E-state index in [-0.39, 0.29) is 6.10 Å². The molecule has 0 aliphatic rings. The van der Waals surface area contributed by atoms with Crippen LogP contribution in [0.15, 0.2) is 33.8 Å². The number of aromatic nitrogens is 1. The smallest absolute Gasteiger partial charge is 0.191 e. The molecule has 6 nitrogen and oxygen atoms in total. The molecule has 1 atom stereocenters. The second-order valence-corrected chi connectivity index (χ2v) is 6.68. The summed E-state index contributed by atoms with van der Waals surface area (Å²) in [6.07, 6.45) is 1.63. The van der Waals surface area contributed by atoms with Crippen molar-refractivity contribution in [2.75, 3.05) is 19.6 Å². The molecule has 2 aromatic rings. The first-order chi connectivity index (χ1) is 13.0. The van der Waals surface area contributed by atoms with E-state index in [0.29, 0.717) is 17.3 Å². The minimum Gasteiger partial charge on any atom is -0.487 e. The van der Waals surface area contributed by atoms with Crippen molar-refractivity contribution in [3.8, 4) is 5.75 Å². The summed E-state index contributed by atoms with van der Waals surface area (Å²) < 4.78 is 11.2. The predicted molar refractivity (Wildman–Crippen MR) is 110 cm³/mol. The molecule has 0 bridgehead atoms. The molecule has 0 aliphatic heterocycles. The van der Waals surface area contributed by atoms with E-state index in [0.717, 1.165) is 48.9 Å². The number of hydrogen-bond acceptors (Lipinski definition) is 4. The maximum atomic E-state index is 6.18. The minimum absolute atomic E-state index is 0.0390. The van der Waals surface area contributed by atoms with E-state index in [1.165, 1.54) is 0 Å². The normalized spacial score (nSPS) is 12.7. The minimum atomic E-state index is -0.0390. The molecule has 2 rings (SSSR count). The topological polar surface area (TPSA) is 71.7 Å². The zero-order valence-corrected chi connectivity index (χ0v) is 17.3. The van der Waals surface area contributed by atoms with Gasteiger partial charge in [0.25, 0.3) is 0 Å². The fourth-order valence-corrected chi connectivity index (χ4v) is 2.85. The van der Waals surface area contributed by atoms with Crippen LogP contribution in [-0.4, -0.2) is 36.9 Å². The van der Waals surface area contributed by atoms with Crippen molar-refractivity contribution in [1.82, 2.24) is 15.8 Å². The van der Waals surface area contributed by atoms with Crippen LogP contribution in [-0.2, 0) is 6.42 Å². The lowest BCUT2D eigenvalue weighted by atomic mass is 10.1. The SMILES string of the molecule is CCNC(=NCC(CC)Oc1ccccc1Cl)NCCc1c(C)noc1C. The standard InChI is InChI=1S/C20H29ClN4O2/c1-5-16(26-19-10-8-7-9-18(19)21)13-24-20(22-6-2)23-12-11-17-14(3)25-27-15(17)4/h7-10,16H,5-6,11-13H2,1-4H3,(H2,22,23,24). The van der Waals surface area contributed by atoms with Gasteiger partial charge in [0.05, 0.1) is 17.3 Å². The Labute approximate surface area is 166 Å². The molecule has 0 fully saturated rings. The molecule has 0 amide bonds. The maximum absolute atomic E-state index is 6.18. The second kappa shape index (κ2) is 10.8. The van der Waals surface area contributed by atoms with Gasteiger partial charge in [-0.3, -0.25) is 0 Å². The average molecular weight is 393 g/mol. The van der Waals surface area contributed by atoms with Crippen LogP contribution in [0.2, 0.25) is 5.02 Å². The van der Waals surface area contributed by atoms with Crippen LogP contribution in [0, 0.1) is 13.8 Å². The Morgan fingerprint density at radius 3 is 2.67 bits per heavy atom. The molecule has 27 heavy (non-hydrogen) atoms. The van der Waals surface area contributed by atoms with E-state index in [1.54, 1.807) is 0 Å². The summed E-state index contributed by atoms with van der Waals surface area (Å²) in [7, 11) is 0. The molecule has 7 heteroatoms. The number of guanidine groups is 1. The van der Waals surface area contributed by atoms with Gasteiger partial charge in [-0.2, -0.15) is 0 Å². The van der Waals surface area contributed by atoms with Crippen LogP contribution in [0.4, 0.5) is 0 Å². The van der Waals surface area contributed by atoms with Gasteiger partial charge in [-0.15, -0.1) is 0 Å². The van der Waals surface area contributed by atoms with E-state index in [2.05, 4.69) is 27.7 Å². The summed E-state index contributed by atoms with van der Waals surface area (Å²) in [5, 5.41) is 11.2. The van der Waals surface area contributed by atoms with Crippen molar-refractivity contribution in [2.24, 2.45) is 4.99 Å². The van der Waals surface area contributed by atoms with Gasteiger partial charge in [0.15, 0.2) is 5.96 Å². The highest BCUT2D eigenvalue weighted by molar-refractivity contribution is 6.32. The molecule has 0 aliphatic carbocycles. The third-order valence-electron chi connectivity index (χ3n) is 4.23. The molecule has 1 aromatic carbocycles. The number of nitrogens with zero attached hydrogens (tertiary/aromatic N) is 2. The van der Waals surface area contributed by atoms with Gasteiger partial charge < -0.3 is 19.9 Å². The Morgan fingerprint density at radius 1 is 1.26 bits per heavy atom. The number of hydrogen-bond donors (Lipinski definition) is 2. The molecule has 0 spiro atoms. The first kappa shape index (κ1) is 21.1. The number of para-hydroxylation sites is 1. The largest absolute Gasteiger partial charge is 0.487 e. The third-order valence-corrected chi connectivity index (χ3v) is 4.54. The number of rotatable bonds is 9. The number of aryl methyl sites for hydroxylation is 2. The van der Waals surface area contributed by atoms with Crippen molar-refractivity contribution < 1.29 is 9.26 Å². The van der Waals surface area contributed by atoms with E-state index < -0.39 is 0 Å². The van der Waals surface area contributed by atoms with Crippen LogP contribution in [0.5, 0.6) is 5.75 Å². The number of halogens is 1. The summed E-state index contributed by atoms with van der Waals surface area (Å²) >= 11 is 6.18. The zero-order chi connectivity index (χ0) is 19.6. The van der Waals surface area contributed by atoms with Gasteiger partial charge >= 0.3 is 0 Å². The highest BCUT2D eigenvalue weighted by Gasteiger charge is 2.11. The number of aliphatic imine (C=N–C) groups is 1. The van der Waals surface area contributed by atoms with Gasteiger partial charge in [0.2, 0.25) is 0 Å². The van der Waals surface area contributed by atoms with E-state index in [4.69, 9.17) is 20.9 Å². The Hall–Kier alpha value is -2.21. The molecule has 1 aromatic heterocycles. The van der Waals surface area contributed by atoms with E-state index in [9.17, 15) is 0 Å². The molecule has 1 unspecified atom stereocenters. The molecule has 0 radical (unpaired) electrons. The number of ether oxygens (including phenoxy) is 1. The molecule has 2 N–H and O–H groups in total. The van der Waals surface area contributed by atoms with Crippen molar-refractivity contribution in [2.45, 2.75) is 46.6 Å². The van der Waals surface area contributed by atoms with Crippen molar-refractivity contribution in [3.63, 3.8) is 0 Å². The third kappa shape index (κ3) is 6.47. The molecule has 0 saturated heterocycles. The molecule has 148 valence electrons. The first-order valence-electron chi connectivity index (χ1n) is 9.40. The molecule has 1 heterocycles. The van der Waals surface area contributed by atoms with Crippen LogP contribution < -0.4 is 15.4 Å². The molecule has 0 saturated carbocycles. The van der Waals surface area contributed by atoms with Crippen molar-refractivity contribution in [3.05, 3.63) is 46.3 Å². The van der Waals surface area contributed by atoms with Crippen LogP contribution >= 0.6 is 11.6 Å².